The summed E-state index contributed by atoms with van der Waals surface area (Å²) >= 11 is 0. The highest BCUT2D eigenvalue weighted by Gasteiger charge is 2.02. The van der Waals surface area contributed by atoms with Crippen LogP contribution in [0, 0.1) is 0 Å². The van der Waals surface area contributed by atoms with Crippen molar-refractivity contribution in [3.8, 4) is 0 Å². The average molecular weight is 169 g/mol. The van der Waals surface area contributed by atoms with Crippen LogP contribution in [-0.4, -0.2) is 37.0 Å². The number of aldehydes is 2. The highest BCUT2D eigenvalue weighted by Crippen LogP contribution is 1.87. The van der Waals surface area contributed by atoms with Gasteiger partial charge in [0.25, 0.3) is 0 Å². The summed E-state index contributed by atoms with van der Waals surface area (Å²) in [4.78, 5) is 32.1. The van der Waals surface area contributed by atoms with Gasteiger partial charge in [0, 0.05) is 26.1 Å². The third-order valence-electron chi connectivity index (χ3n) is 1.28. The molecule has 0 heterocycles. The minimum atomic E-state index is -0.274. The van der Waals surface area contributed by atoms with Crippen molar-refractivity contribution in [2.24, 2.45) is 0 Å². The van der Waals surface area contributed by atoms with Crippen LogP contribution in [0.2, 0.25) is 0 Å². The van der Waals surface area contributed by atoms with E-state index in [-0.39, 0.29) is 5.91 Å². The molecule has 0 bridgehead atoms. The maximum absolute atomic E-state index is 11.0. The molecule has 12 heavy (non-hydrogen) atoms. The molecule has 0 aliphatic carbocycles. The standard InChI is InChI=1S/C8H11NO3/c1-9(5-3-7-11)8(12)4-2-6-10/h2,4,6-7H,3,5H2,1H3/b4-2-. The quantitative estimate of drug-likeness (QED) is 0.422. The highest BCUT2D eigenvalue weighted by molar-refractivity contribution is 5.90. The molecule has 0 aliphatic rings. The molecule has 0 rings (SSSR count). The van der Waals surface area contributed by atoms with E-state index in [9.17, 15) is 14.4 Å². The number of amides is 1. The third kappa shape index (κ3) is 4.38. The van der Waals surface area contributed by atoms with Gasteiger partial charge in [0.2, 0.25) is 5.91 Å². The molecule has 0 aliphatic heterocycles. The predicted octanol–water partition coefficient (Wildman–Crippen LogP) is -0.211. The van der Waals surface area contributed by atoms with E-state index in [1.807, 2.05) is 0 Å². The zero-order valence-electron chi connectivity index (χ0n) is 6.90. The number of carbonyl (C=O) groups excluding carboxylic acids is 3. The Morgan fingerprint density at radius 2 is 2.08 bits per heavy atom. The van der Waals surface area contributed by atoms with E-state index >= 15 is 0 Å². The van der Waals surface area contributed by atoms with E-state index in [1.54, 1.807) is 7.05 Å². The summed E-state index contributed by atoms with van der Waals surface area (Å²) in [5.74, 6) is -0.274. The molecular formula is C8H11NO3. The molecule has 0 saturated carbocycles. The lowest BCUT2D eigenvalue weighted by Crippen LogP contribution is -2.26. The van der Waals surface area contributed by atoms with Crippen LogP contribution in [0.4, 0.5) is 0 Å². The van der Waals surface area contributed by atoms with Gasteiger partial charge < -0.3 is 9.69 Å². The SMILES string of the molecule is CN(CCC=O)C(=O)/C=C\C=O. The number of hydrogen-bond donors (Lipinski definition) is 0. The Morgan fingerprint density at radius 3 is 2.58 bits per heavy atom. The molecule has 0 atom stereocenters. The van der Waals surface area contributed by atoms with Gasteiger partial charge in [-0.25, -0.2) is 0 Å². The minimum absolute atomic E-state index is 0.274. The average Bonchev–Trinajstić information content (AvgIpc) is 2.10. The summed E-state index contributed by atoms with van der Waals surface area (Å²) in [5, 5.41) is 0. The Balaban J connectivity index is 3.83. The lowest BCUT2D eigenvalue weighted by molar-refractivity contribution is -0.125. The second-order valence-electron chi connectivity index (χ2n) is 2.21. The first-order valence-electron chi connectivity index (χ1n) is 3.53. The van der Waals surface area contributed by atoms with Gasteiger partial charge in [-0.2, -0.15) is 0 Å². The Labute approximate surface area is 70.8 Å². The Kier molecular flexibility index (Phi) is 5.51. The third-order valence-corrected chi connectivity index (χ3v) is 1.28. The van der Waals surface area contributed by atoms with Gasteiger partial charge in [-0.1, -0.05) is 0 Å². The topological polar surface area (TPSA) is 54.5 Å². The lowest BCUT2D eigenvalue weighted by atomic mass is 10.4. The van der Waals surface area contributed by atoms with Crippen LogP contribution < -0.4 is 0 Å². The van der Waals surface area contributed by atoms with Crippen LogP contribution in [0.5, 0.6) is 0 Å². The van der Waals surface area contributed by atoms with E-state index in [1.165, 1.54) is 4.90 Å². The number of carbonyl (C=O) groups is 3. The van der Waals surface area contributed by atoms with E-state index in [4.69, 9.17) is 0 Å². The van der Waals surface area contributed by atoms with Gasteiger partial charge >= 0.3 is 0 Å². The molecule has 1 amide bonds. The fourth-order valence-electron chi connectivity index (χ4n) is 0.605. The largest absolute Gasteiger partial charge is 0.342 e. The maximum atomic E-state index is 11.0. The number of nitrogens with zero attached hydrogens (tertiary/aromatic N) is 1. The second kappa shape index (κ2) is 6.27. The van der Waals surface area contributed by atoms with Gasteiger partial charge in [0.05, 0.1) is 0 Å². The maximum Gasteiger partial charge on any atom is 0.246 e. The molecule has 0 saturated heterocycles. The minimum Gasteiger partial charge on any atom is -0.342 e. The number of rotatable bonds is 5. The molecule has 0 fully saturated rings. The first-order valence-corrected chi connectivity index (χ1v) is 3.53. The lowest BCUT2D eigenvalue weighted by Gasteiger charge is -2.12. The van der Waals surface area contributed by atoms with Gasteiger partial charge in [0.15, 0.2) is 0 Å². The normalized spacial score (nSPS) is 9.75. The van der Waals surface area contributed by atoms with Gasteiger partial charge in [-0.05, 0) is 6.08 Å². The van der Waals surface area contributed by atoms with Crippen molar-refractivity contribution in [3.05, 3.63) is 12.2 Å². The summed E-state index contributed by atoms with van der Waals surface area (Å²) < 4.78 is 0. The number of likely N-dealkylation sites (N-methyl/N-ethyl adjacent to an activating group) is 1. The molecule has 0 radical (unpaired) electrons. The van der Waals surface area contributed by atoms with Crippen molar-refractivity contribution < 1.29 is 14.4 Å². The summed E-state index contributed by atoms with van der Waals surface area (Å²) in [6.45, 7) is 0.380. The van der Waals surface area contributed by atoms with E-state index in [0.717, 1.165) is 18.4 Å². The zero-order valence-corrected chi connectivity index (χ0v) is 6.90. The molecule has 0 aromatic carbocycles. The zero-order chi connectivity index (χ0) is 9.40. The van der Waals surface area contributed by atoms with Crippen molar-refractivity contribution in [2.75, 3.05) is 13.6 Å². The molecule has 0 aromatic heterocycles. The fourth-order valence-corrected chi connectivity index (χ4v) is 0.605. The van der Waals surface area contributed by atoms with Crippen LogP contribution in [0.3, 0.4) is 0 Å². The van der Waals surface area contributed by atoms with Crippen LogP contribution in [0.1, 0.15) is 6.42 Å². The molecule has 4 nitrogen and oxygen atoms in total. The van der Waals surface area contributed by atoms with Crippen molar-refractivity contribution in [1.29, 1.82) is 0 Å². The summed E-state index contributed by atoms with van der Waals surface area (Å²) in [6.07, 6.45) is 3.88. The van der Waals surface area contributed by atoms with Crippen molar-refractivity contribution in [3.63, 3.8) is 0 Å². The van der Waals surface area contributed by atoms with E-state index < -0.39 is 0 Å². The van der Waals surface area contributed by atoms with Crippen molar-refractivity contribution in [1.82, 2.24) is 4.90 Å². The van der Waals surface area contributed by atoms with Gasteiger partial charge in [0.1, 0.15) is 12.6 Å². The number of hydrogen-bond acceptors (Lipinski definition) is 3. The van der Waals surface area contributed by atoms with Crippen LogP contribution in [0.15, 0.2) is 12.2 Å². The van der Waals surface area contributed by atoms with Gasteiger partial charge in [-0.15, -0.1) is 0 Å². The second-order valence-corrected chi connectivity index (χ2v) is 2.21. The Morgan fingerprint density at radius 1 is 1.42 bits per heavy atom. The van der Waals surface area contributed by atoms with Crippen LogP contribution in [-0.2, 0) is 14.4 Å². The van der Waals surface area contributed by atoms with Crippen molar-refractivity contribution in [2.45, 2.75) is 6.42 Å². The molecule has 0 spiro atoms. The molecule has 0 aromatic rings. The van der Waals surface area contributed by atoms with Crippen molar-refractivity contribution >= 4 is 18.5 Å². The Bertz CT molecular complexity index is 198. The molecule has 0 N–H and O–H groups in total. The molecule has 0 unspecified atom stereocenters. The summed E-state index contributed by atoms with van der Waals surface area (Å²) in [7, 11) is 1.57. The summed E-state index contributed by atoms with van der Waals surface area (Å²) in [5.41, 5.74) is 0. The van der Waals surface area contributed by atoms with Crippen LogP contribution >= 0.6 is 0 Å². The van der Waals surface area contributed by atoms with Crippen LogP contribution in [0.25, 0.3) is 0 Å². The first-order chi connectivity index (χ1) is 5.72. The van der Waals surface area contributed by atoms with E-state index in [2.05, 4.69) is 0 Å². The Hall–Kier alpha value is -1.45. The smallest absolute Gasteiger partial charge is 0.246 e. The number of allylic oxidation sites excluding steroid dienone is 1. The van der Waals surface area contributed by atoms with Gasteiger partial charge in [-0.3, -0.25) is 9.59 Å². The molecular weight excluding hydrogens is 158 g/mol. The molecule has 66 valence electrons. The summed E-state index contributed by atoms with van der Waals surface area (Å²) in [6, 6.07) is 0. The highest BCUT2D eigenvalue weighted by atomic mass is 16.2. The monoisotopic (exact) mass is 169 g/mol. The van der Waals surface area contributed by atoms with E-state index in [0.29, 0.717) is 19.3 Å². The first kappa shape index (κ1) is 10.6. The fraction of sp³-hybridized carbons (Fsp3) is 0.375. The molecule has 4 heteroatoms. The predicted molar refractivity (Wildman–Crippen MR) is 43.5 cm³/mol.